The molecule has 0 aromatic carbocycles. The van der Waals surface area contributed by atoms with Gasteiger partial charge in [0.1, 0.15) is 0 Å². The van der Waals surface area contributed by atoms with E-state index in [1.165, 1.54) is 18.5 Å². The van der Waals surface area contributed by atoms with Gasteiger partial charge in [0.2, 0.25) is 0 Å². The predicted molar refractivity (Wildman–Crippen MR) is 57.1 cm³/mol. The van der Waals surface area contributed by atoms with Crippen molar-refractivity contribution in [2.75, 3.05) is 0 Å². The van der Waals surface area contributed by atoms with Gasteiger partial charge in [0, 0.05) is 11.7 Å². The Bertz CT molecular complexity index is 435. The monoisotopic (exact) mass is 248 g/mol. The highest BCUT2D eigenvalue weighted by Crippen LogP contribution is 2.27. The molecular formula is C11H15F3N2O. The second-order valence-corrected chi connectivity index (χ2v) is 4.07. The minimum atomic E-state index is -4.85. The lowest BCUT2D eigenvalue weighted by Gasteiger charge is -2.12. The number of alkyl halides is 3. The second-order valence-electron chi connectivity index (χ2n) is 4.07. The highest BCUT2D eigenvalue weighted by atomic mass is 19.4. The largest absolute Gasteiger partial charge is 0.455 e. The van der Waals surface area contributed by atoms with Gasteiger partial charge in [0.15, 0.2) is 0 Å². The third-order valence-corrected chi connectivity index (χ3v) is 2.82. The van der Waals surface area contributed by atoms with Crippen molar-refractivity contribution in [3.63, 3.8) is 0 Å². The van der Waals surface area contributed by atoms with Crippen molar-refractivity contribution in [2.45, 2.75) is 46.3 Å². The maximum atomic E-state index is 12.4. The van der Waals surface area contributed by atoms with Crippen LogP contribution in [0.3, 0.4) is 0 Å². The van der Waals surface area contributed by atoms with Crippen molar-refractivity contribution in [1.29, 1.82) is 0 Å². The zero-order chi connectivity index (χ0) is 13.4. The molecule has 0 aliphatic rings. The first-order valence-electron chi connectivity index (χ1n) is 5.37. The zero-order valence-corrected chi connectivity index (χ0v) is 10.2. The van der Waals surface area contributed by atoms with Crippen molar-refractivity contribution in [1.82, 2.24) is 9.78 Å². The summed E-state index contributed by atoms with van der Waals surface area (Å²) < 4.78 is 38.7. The Morgan fingerprint density at radius 3 is 2.35 bits per heavy atom. The Morgan fingerprint density at radius 2 is 1.94 bits per heavy atom. The first kappa shape index (κ1) is 13.7. The SMILES string of the molecule is CCC(C)n1nc(C)c(C(=O)C(F)(F)F)c1C. The molecule has 1 unspecified atom stereocenters. The lowest BCUT2D eigenvalue weighted by atomic mass is 10.1. The van der Waals surface area contributed by atoms with Crippen molar-refractivity contribution < 1.29 is 18.0 Å². The van der Waals surface area contributed by atoms with Crippen molar-refractivity contribution in [3.8, 4) is 0 Å². The summed E-state index contributed by atoms with van der Waals surface area (Å²) in [6.45, 7) is 6.67. The van der Waals surface area contributed by atoms with Crippen LogP contribution in [-0.4, -0.2) is 21.7 Å². The van der Waals surface area contributed by atoms with Gasteiger partial charge in [-0.2, -0.15) is 18.3 Å². The Labute approximate surface area is 97.6 Å². The van der Waals surface area contributed by atoms with Gasteiger partial charge >= 0.3 is 6.18 Å². The van der Waals surface area contributed by atoms with Gasteiger partial charge in [-0.3, -0.25) is 9.48 Å². The molecule has 1 rings (SSSR count). The average Bonchev–Trinajstić information content (AvgIpc) is 2.51. The molecule has 0 bridgehead atoms. The van der Waals surface area contributed by atoms with Crippen LogP contribution in [0, 0.1) is 13.8 Å². The summed E-state index contributed by atoms with van der Waals surface area (Å²) >= 11 is 0. The quantitative estimate of drug-likeness (QED) is 0.770. The summed E-state index contributed by atoms with van der Waals surface area (Å²) in [7, 11) is 0. The fourth-order valence-corrected chi connectivity index (χ4v) is 1.74. The van der Waals surface area contributed by atoms with Crippen LogP contribution in [0.2, 0.25) is 0 Å². The van der Waals surface area contributed by atoms with E-state index in [1.54, 1.807) is 0 Å². The molecule has 6 heteroatoms. The average molecular weight is 248 g/mol. The number of hydrogen-bond donors (Lipinski definition) is 0. The number of Topliss-reactive ketones (excluding diaryl/α,β-unsaturated/α-hetero) is 1. The van der Waals surface area contributed by atoms with E-state index in [4.69, 9.17) is 0 Å². The summed E-state index contributed by atoms with van der Waals surface area (Å²) in [5.41, 5.74) is 0.0853. The molecular weight excluding hydrogens is 233 g/mol. The summed E-state index contributed by atoms with van der Waals surface area (Å²) in [6.07, 6.45) is -4.11. The van der Waals surface area contributed by atoms with Crippen molar-refractivity contribution in [3.05, 3.63) is 17.0 Å². The standard InChI is InChI=1S/C11H15F3N2O/c1-5-6(2)16-8(4)9(7(3)15-16)10(17)11(12,13)14/h6H,5H2,1-4H3. The molecule has 1 atom stereocenters. The molecule has 0 aliphatic carbocycles. The highest BCUT2D eigenvalue weighted by Gasteiger charge is 2.42. The van der Waals surface area contributed by atoms with Crippen molar-refractivity contribution in [2.24, 2.45) is 0 Å². The van der Waals surface area contributed by atoms with Crippen molar-refractivity contribution >= 4 is 5.78 Å². The van der Waals surface area contributed by atoms with Crippen LogP contribution < -0.4 is 0 Å². The van der Waals surface area contributed by atoms with Gasteiger partial charge < -0.3 is 0 Å². The summed E-state index contributed by atoms with van der Waals surface area (Å²) in [6, 6.07) is -0.0246. The smallest absolute Gasteiger partial charge is 0.284 e. The molecule has 0 saturated heterocycles. The molecule has 0 fully saturated rings. The van der Waals surface area contributed by atoms with Crippen LogP contribution in [0.15, 0.2) is 0 Å². The molecule has 0 saturated carbocycles. The van der Waals surface area contributed by atoms with Crippen LogP contribution in [-0.2, 0) is 0 Å². The van der Waals surface area contributed by atoms with Gasteiger partial charge in [-0.25, -0.2) is 0 Å². The fraction of sp³-hybridized carbons (Fsp3) is 0.636. The van der Waals surface area contributed by atoms with Gasteiger partial charge in [0.25, 0.3) is 5.78 Å². The number of halogens is 3. The van der Waals surface area contributed by atoms with Crippen LogP contribution >= 0.6 is 0 Å². The van der Waals surface area contributed by atoms with Gasteiger partial charge in [-0.1, -0.05) is 6.92 Å². The number of nitrogens with zero attached hydrogens (tertiary/aromatic N) is 2. The number of carbonyl (C=O) groups is 1. The molecule has 0 spiro atoms. The van der Waals surface area contributed by atoms with E-state index in [2.05, 4.69) is 5.10 Å². The van der Waals surface area contributed by atoms with E-state index in [9.17, 15) is 18.0 Å². The van der Waals surface area contributed by atoms with E-state index in [0.717, 1.165) is 6.42 Å². The third-order valence-electron chi connectivity index (χ3n) is 2.82. The summed E-state index contributed by atoms with van der Waals surface area (Å²) in [5.74, 6) is -1.82. The van der Waals surface area contributed by atoms with Gasteiger partial charge in [-0.15, -0.1) is 0 Å². The minimum Gasteiger partial charge on any atom is -0.284 e. The molecule has 0 N–H and O–H groups in total. The Morgan fingerprint density at radius 1 is 1.41 bits per heavy atom. The Hall–Kier alpha value is -1.33. The number of rotatable bonds is 3. The number of hydrogen-bond acceptors (Lipinski definition) is 2. The van der Waals surface area contributed by atoms with Gasteiger partial charge in [-0.05, 0) is 27.2 Å². The Kier molecular flexibility index (Phi) is 3.64. The lowest BCUT2D eigenvalue weighted by molar-refractivity contribution is -0.0886. The minimum absolute atomic E-state index is 0.0246. The van der Waals surface area contributed by atoms with E-state index < -0.39 is 12.0 Å². The van der Waals surface area contributed by atoms with Gasteiger partial charge in [0.05, 0.1) is 11.3 Å². The number of carbonyl (C=O) groups excluding carboxylic acids is 1. The van der Waals surface area contributed by atoms with E-state index in [0.29, 0.717) is 0 Å². The van der Waals surface area contributed by atoms with E-state index in [-0.39, 0.29) is 23.0 Å². The number of ketones is 1. The number of aryl methyl sites for hydroxylation is 1. The molecule has 1 aromatic heterocycles. The van der Waals surface area contributed by atoms with Crippen LogP contribution in [0.25, 0.3) is 0 Å². The Balaban J connectivity index is 3.28. The molecule has 0 radical (unpaired) electrons. The molecule has 0 amide bonds. The zero-order valence-electron chi connectivity index (χ0n) is 10.2. The summed E-state index contributed by atoms with van der Waals surface area (Å²) in [4.78, 5) is 11.3. The molecule has 3 nitrogen and oxygen atoms in total. The first-order valence-corrected chi connectivity index (χ1v) is 5.37. The van der Waals surface area contributed by atoms with Crippen LogP contribution in [0.5, 0.6) is 0 Å². The maximum Gasteiger partial charge on any atom is 0.455 e. The van der Waals surface area contributed by atoms with Crippen LogP contribution in [0.1, 0.15) is 48.1 Å². The summed E-state index contributed by atoms with van der Waals surface area (Å²) in [5, 5.41) is 4.01. The third kappa shape index (κ3) is 2.50. The van der Waals surface area contributed by atoms with E-state index in [1.807, 2.05) is 13.8 Å². The normalized spacial score (nSPS) is 13.8. The molecule has 0 aliphatic heterocycles. The number of aromatic nitrogens is 2. The van der Waals surface area contributed by atoms with Crippen LogP contribution in [0.4, 0.5) is 13.2 Å². The molecule has 96 valence electrons. The molecule has 1 heterocycles. The molecule has 17 heavy (non-hydrogen) atoms. The lowest BCUT2D eigenvalue weighted by Crippen LogP contribution is -2.24. The van der Waals surface area contributed by atoms with E-state index >= 15 is 0 Å². The first-order chi connectivity index (χ1) is 7.70. The molecule has 1 aromatic rings. The highest BCUT2D eigenvalue weighted by molar-refractivity contribution is 6.02. The maximum absolute atomic E-state index is 12.4. The predicted octanol–water partition coefficient (Wildman–Crippen LogP) is 3.22. The topological polar surface area (TPSA) is 34.9 Å². The second kappa shape index (κ2) is 4.50. The fourth-order valence-electron chi connectivity index (χ4n) is 1.74.